The van der Waals surface area contributed by atoms with Gasteiger partial charge in [0, 0.05) is 7.11 Å². The smallest absolute Gasteiger partial charge is 0.0518 e. The molecule has 0 spiro atoms. The molecule has 0 aliphatic heterocycles. The van der Waals surface area contributed by atoms with Crippen LogP contribution in [0.5, 0.6) is 0 Å². The molecule has 80 valence electrons. The molecular weight excluding hydrogens is 160 g/mol. The first-order valence-corrected chi connectivity index (χ1v) is 5.73. The van der Waals surface area contributed by atoms with Crippen LogP contribution in [0.3, 0.4) is 0 Å². The third-order valence-electron chi connectivity index (χ3n) is 2.79. The van der Waals surface area contributed by atoms with Crippen LogP contribution < -0.4 is 0 Å². The number of hydrogen-bond donors (Lipinski definition) is 0. The molecule has 0 fully saturated rings. The van der Waals surface area contributed by atoms with Gasteiger partial charge in [0.1, 0.15) is 0 Å². The van der Waals surface area contributed by atoms with Crippen LogP contribution in [-0.4, -0.2) is 13.7 Å². The summed E-state index contributed by atoms with van der Waals surface area (Å²) in [4.78, 5) is 0. The van der Waals surface area contributed by atoms with Gasteiger partial charge in [-0.05, 0) is 24.7 Å². The monoisotopic (exact) mass is 186 g/mol. The Morgan fingerprint density at radius 3 is 1.46 bits per heavy atom. The van der Waals surface area contributed by atoms with Gasteiger partial charge in [-0.1, -0.05) is 40.0 Å². The SMILES string of the molecule is CCCC(CCC)(CCC)COC. The van der Waals surface area contributed by atoms with Crippen LogP contribution in [0.25, 0.3) is 0 Å². The van der Waals surface area contributed by atoms with E-state index in [2.05, 4.69) is 20.8 Å². The quantitative estimate of drug-likeness (QED) is 0.556. The van der Waals surface area contributed by atoms with Crippen LogP contribution in [0.2, 0.25) is 0 Å². The van der Waals surface area contributed by atoms with Crippen LogP contribution >= 0.6 is 0 Å². The third-order valence-corrected chi connectivity index (χ3v) is 2.79. The molecule has 0 N–H and O–H groups in total. The minimum atomic E-state index is 0.479. The lowest BCUT2D eigenvalue weighted by molar-refractivity contribution is 0.0558. The normalized spacial score (nSPS) is 12.0. The van der Waals surface area contributed by atoms with E-state index in [0.29, 0.717) is 5.41 Å². The van der Waals surface area contributed by atoms with Gasteiger partial charge in [-0.2, -0.15) is 0 Å². The summed E-state index contributed by atoms with van der Waals surface area (Å²) in [5, 5.41) is 0. The van der Waals surface area contributed by atoms with E-state index in [9.17, 15) is 0 Å². The van der Waals surface area contributed by atoms with Crippen molar-refractivity contribution in [2.24, 2.45) is 5.41 Å². The van der Waals surface area contributed by atoms with Crippen molar-refractivity contribution in [3.05, 3.63) is 0 Å². The Kier molecular flexibility index (Phi) is 7.35. The predicted molar refractivity (Wildman–Crippen MR) is 59.0 cm³/mol. The molecular formula is C12H26O. The Morgan fingerprint density at radius 1 is 0.846 bits per heavy atom. The van der Waals surface area contributed by atoms with E-state index in [0.717, 1.165) is 6.61 Å². The van der Waals surface area contributed by atoms with Gasteiger partial charge in [0.25, 0.3) is 0 Å². The third kappa shape index (κ3) is 4.66. The molecule has 0 saturated carbocycles. The maximum atomic E-state index is 5.36. The summed E-state index contributed by atoms with van der Waals surface area (Å²) >= 11 is 0. The van der Waals surface area contributed by atoms with Gasteiger partial charge >= 0.3 is 0 Å². The Labute approximate surface area is 83.9 Å². The van der Waals surface area contributed by atoms with E-state index in [1.165, 1.54) is 38.5 Å². The average Bonchev–Trinajstić information content (AvgIpc) is 2.06. The van der Waals surface area contributed by atoms with Gasteiger partial charge in [0.15, 0.2) is 0 Å². The largest absolute Gasteiger partial charge is 0.384 e. The molecule has 0 bridgehead atoms. The Bertz CT molecular complexity index is 80.2. The van der Waals surface area contributed by atoms with Crippen LogP contribution in [0.1, 0.15) is 59.3 Å². The highest BCUT2D eigenvalue weighted by atomic mass is 16.5. The fraction of sp³-hybridized carbons (Fsp3) is 1.00. The van der Waals surface area contributed by atoms with Crippen molar-refractivity contribution < 1.29 is 4.74 Å². The van der Waals surface area contributed by atoms with Gasteiger partial charge in [-0.3, -0.25) is 0 Å². The molecule has 0 aromatic carbocycles. The summed E-state index contributed by atoms with van der Waals surface area (Å²) in [5.74, 6) is 0. The second kappa shape index (κ2) is 7.37. The molecule has 0 aromatic rings. The zero-order valence-corrected chi connectivity index (χ0v) is 9.86. The maximum absolute atomic E-state index is 5.36. The van der Waals surface area contributed by atoms with Crippen LogP contribution in [0, 0.1) is 5.41 Å². The molecule has 0 unspecified atom stereocenters. The molecule has 0 amide bonds. The zero-order valence-electron chi connectivity index (χ0n) is 9.86. The van der Waals surface area contributed by atoms with E-state index in [1.54, 1.807) is 0 Å². The lowest BCUT2D eigenvalue weighted by atomic mass is 9.76. The van der Waals surface area contributed by atoms with E-state index < -0.39 is 0 Å². The van der Waals surface area contributed by atoms with Crippen LogP contribution in [0.4, 0.5) is 0 Å². The van der Waals surface area contributed by atoms with Gasteiger partial charge in [-0.15, -0.1) is 0 Å². The molecule has 1 heteroatoms. The molecule has 13 heavy (non-hydrogen) atoms. The summed E-state index contributed by atoms with van der Waals surface area (Å²) in [7, 11) is 1.83. The summed E-state index contributed by atoms with van der Waals surface area (Å²) in [6, 6.07) is 0. The van der Waals surface area contributed by atoms with Crippen molar-refractivity contribution in [3.63, 3.8) is 0 Å². The zero-order chi connectivity index (χ0) is 10.2. The highest BCUT2D eigenvalue weighted by Crippen LogP contribution is 2.35. The summed E-state index contributed by atoms with van der Waals surface area (Å²) < 4.78 is 5.36. The van der Waals surface area contributed by atoms with E-state index in [-0.39, 0.29) is 0 Å². The minimum absolute atomic E-state index is 0.479. The van der Waals surface area contributed by atoms with Gasteiger partial charge < -0.3 is 4.74 Å². The highest BCUT2D eigenvalue weighted by molar-refractivity contribution is 4.77. The Morgan fingerprint density at radius 2 is 1.23 bits per heavy atom. The molecule has 0 rings (SSSR count). The second-order valence-corrected chi connectivity index (χ2v) is 4.18. The van der Waals surface area contributed by atoms with Crippen molar-refractivity contribution >= 4 is 0 Å². The summed E-state index contributed by atoms with van der Waals surface area (Å²) in [5.41, 5.74) is 0.479. The number of hydrogen-bond acceptors (Lipinski definition) is 1. The molecule has 0 heterocycles. The van der Waals surface area contributed by atoms with E-state index in [1.807, 2.05) is 7.11 Å². The summed E-state index contributed by atoms with van der Waals surface area (Å²) in [6.07, 6.45) is 7.81. The standard InChI is InChI=1S/C12H26O/c1-5-8-12(9-6-2,10-7-3)11-13-4/h5-11H2,1-4H3. The second-order valence-electron chi connectivity index (χ2n) is 4.18. The van der Waals surface area contributed by atoms with Crippen molar-refractivity contribution in [1.82, 2.24) is 0 Å². The molecule has 0 aliphatic rings. The van der Waals surface area contributed by atoms with Crippen molar-refractivity contribution in [1.29, 1.82) is 0 Å². The lowest BCUT2D eigenvalue weighted by Gasteiger charge is -2.32. The average molecular weight is 186 g/mol. The highest BCUT2D eigenvalue weighted by Gasteiger charge is 2.26. The number of rotatable bonds is 8. The first-order valence-electron chi connectivity index (χ1n) is 5.73. The van der Waals surface area contributed by atoms with Gasteiger partial charge in [0.05, 0.1) is 6.61 Å². The lowest BCUT2D eigenvalue weighted by Crippen LogP contribution is -2.26. The van der Waals surface area contributed by atoms with Gasteiger partial charge in [-0.25, -0.2) is 0 Å². The van der Waals surface area contributed by atoms with Gasteiger partial charge in [0.2, 0.25) is 0 Å². The molecule has 0 radical (unpaired) electrons. The minimum Gasteiger partial charge on any atom is -0.384 e. The topological polar surface area (TPSA) is 9.23 Å². The van der Waals surface area contributed by atoms with Crippen LogP contribution in [-0.2, 0) is 4.74 Å². The molecule has 0 saturated heterocycles. The number of methoxy groups -OCH3 is 1. The maximum Gasteiger partial charge on any atom is 0.0518 e. The first kappa shape index (κ1) is 13.0. The molecule has 0 aliphatic carbocycles. The van der Waals surface area contributed by atoms with E-state index >= 15 is 0 Å². The molecule has 0 atom stereocenters. The van der Waals surface area contributed by atoms with Crippen molar-refractivity contribution in [2.75, 3.05) is 13.7 Å². The van der Waals surface area contributed by atoms with Crippen molar-refractivity contribution in [2.45, 2.75) is 59.3 Å². The fourth-order valence-corrected chi connectivity index (χ4v) is 2.49. The summed E-state index contributed by atoms with van der Waals surface area (Å²) in [6.45, 7) is 7.77. The molecule has 1 nitrogen and oxygen atoms in total. The number of ether oxygens (including phenoxy) is 1. The first-order chi connectivity index (χ1) is 6.24. The van der Waals surface area contributed by atoms with Crippen molar-refractivity contribution in [3.8, 4) is 0 Å². The Hall–Kier alpha value is -0.0400. The fourth-order valence-electron chi connectivity index (χ4n) is 2.49. The Balaban J connectivity index is 4.19. The van der Waals surface area contributed by atoms with Crippen LogP contribution in [0.15, 0.2) is 0 Å². The van der Waals surface area contributed by atoms with E-state index in [4.69, 9.17) is 4.74 Å². The predicted octanol–water partition coefficient (Wildman–Crippen LogP) is 4.02. The molecule has 0 aromatic heterocycles.